The Bertz CT molecular complexity index is 476. The zero-order valence-electron chi connectivity index (χ0n) is 10.2. The maximum absolute atomic E-state index is 13.6. The fourth-order valence-electron chi connectivity index (χ4n) is 2.58. The fourth-order valence-corrected chi connectivity index (χ4v) is 2.58. The number of carbonyl (C=O) groups excluding carboxylic acids is 1. The van der Waals surface area contributed by atoms with Crippen molar-refractivity contribution < 1.29 is 18.0 Å². The third-order valence-electron chi connectivity index (χ3n) is 3.76. The summed E-state index contributed by atoms with van der Waals surface area (Å²) in [6.45, 7) is 1.77. The van der Waals surface area contributed by atoms with Gasteiger partial charge < -0.3 is 0 Å². The van der Waals surface area contributed by atoms with E-state index in [0.29, 0.717) is 25.0 Å². The summed E-state index contributed by atoms with van der Waals surface area (Å²) in [4.78, 5) is 12.3. The van der Waals surface area contributed by atoms with E-state index in [0.717, 1.165) is 19.3 Å². The van der Waals surface area contributed by atoms with Crippen molar-refractivity contribution in [1.82, 2.24) is 0 Å². The standard InChI is InChI=1S/C14H15F3O/c1-14(5-3-2-4-6-14)13(18)9-7-11(16)12(17)8-10(9)15/h7-8H,2-6H2,1H3. The summed E-state index contributed by atoms with van der Waals surface area (Å²) in [5, 5.41) is 0. The van der Waals surface area contributed by atoms with Gasteiger partial charge in [0.15, 0.2) is 17.4 Å². The van der Waals surface area contributed by atoms with Crippen LogP contribution in [-0.4, -0.2) is 5.78 Å². The normalized spacial score (nSPS) is 18.7. The molecule has 0 unspecified atom stereocenters. The highest BCUT2D eigenvalue weighted by Gasteiger charge is 2.36. The predicted molar refractivity (Wildman–Crippen MR) is 61.8 cm³/mol. The zero-order valence-corrected chi connectivity index (χ0v) is 10.2. The summed E-state index contributed by atoms with van der Waals surface area (Å²) in [5.41, 5.74) is -0.984. The Hall–Kier alpha value is -1.32. The maximum atomic E-state index is 13.6. The lowest BCUT2D eigenvalue weighted by molar-refractivity contribution is 0.0744. The highest BCUT2D eigenvalue weighted by atomic mass is 19.2. The monoisotopic (exact) mass is 256 g/mol. The molecule has 0 aromatic heterocycles. The molecule has 1 aromatic carbocycles. The Morgan fingerprint density at radius 1 is 1.00 bits per heavy atom. The van der Waals surface area contributed by atoms with Crippen LogP contribution in [-0.2, 0) is 0 Å². The third-order valence-corrected chi connectivity index (χ3v) is 3.76. The molecule has 0 spiro atoms. The second kappa shape index (κ2) is 4.75. The Labute approximate surface area is 104 Å². The summed E-state index contributed by atoms with van der Waals surface area (Å²) in [5.74, 6) is -3.85. The SMILES string of the molecule is CC1(C(=O)c2cc(F)c(F)cc2F)CCCCC1. The van der Waals surface area contributed by atoms with Gasteiger partial charge in [0.25, 0.3) is 0 Å². The molecule has 1 fully saturated rings. The number of halogens is 3. The van der Waals surface area contributed by atoms with Crippen LogP contribution in [0.3, 0.4) is 0 Å². The van der Waals surface area contributed by atoms with Gasteiger partial charge in [0.05, 0.1) is 5.56 Å². The van der Waals surface area contributed by atoms with E-state index in [4.69, 9.17) is 0 Å². The van der Waals surface area contributed by atoms with E-state index in [1.54, 1.807) is 6.92 Å². The number of carbonyl (C=O) groups is 1. The molecule has 1 aromatic rings. The van der Waals surface area contributed by atoms with E-state index in [2.05, 4.69) is 0 Å². The molecule has 1 nitrogen and oxygen atoms in total. The van der Waals surface area contributed by atoms with E-state index < -0.39 is 28.6 Å². The van der Waals surface area contributed by atoms with Gasteiger partial charge in [-0.2, -0.15) is 0 Å². The predicted octanol–water partition coefficient (Wildman–Crippen LogP) is 4.26. The molecule has 18 heavy (non-hydrogen) atoms. The van der Waals surface area contributed by atoms with E-state index in [-0.39, 0.29) is 5.56 Å². The van der Waals surface area contributed by atoms with Crippen LogP contribution in [0.15, 0.2) is 12.1 Å². The summed E-state index contributed by atoms with van der Waals surface area (Å²) >= 11 is 0. The molecular weight excluding hydrogens is 241 g/mol. The first-order chi connectivity index (χ1) is 8.44. The first kappa shape index (κ1) is 13.1. The van der Waals surface area contributed by atoms with Crippen molar-refractivity contribution in [1.29, 1.82) is 0 Å². The summed E-state index contributed by atoms with van der Waals surface area (Å²) in [6, 6.07) is 1.11. The van der Waals surface area contributed by atoms with E-state index in [9.17, 15) is 18.0 Å². The molecule has 2 rings (SSSR count). The van der Waals surface area contributed by atoms with Crippen LogP contribution >= 0.6 is 0 Å². The minimum atomic E-state index is -1.27. The number of rotatable bonds is 2. The summed E-state index contributed by atoms with van der Waals surface area (Å²) in [7, 11) is 0. The molecule has 0 saturated heterocycles. The molecule has 0 radical (unpaired) electrons. The third kappa shape index (κ3) is 2.28. The second-order valence-corrected chi connectivity index (χ2v) is 5.20. The number of hydrogen-bond donors (Lipinski definition) is 0. The average molecular weight is 256 g/mol. The largest absolute Gasteiger partial charge is 0.293 e. The first-order valence-corrected chi connectivity index (χ1v) is 6.13. The summed E-state index contributed by atoms with van der Waals surface area (Å²) < 4.78 is 39.5. The van der Waals surface area contributed by atoms with Gasteiger partial charge in [0, 0.05) is 11.5 Å². The van der Waals surface area contributed by atoms with Crippen molar-refractivity contribution in [3.05, 3.63) is 35.1 Å². The van der Waals surface area contributed by atoms with Crippen molar-refractivity contribution in [3.8, 4) is 0 Å². The Morgan fingerprint density at radius 3 is 2.17 bits per heavy atom. The second-order valence-electron chi connectivity index (χ2n) is 5.20. The molecule has 0 aliphatic heterocycles. The Balaban J connectivity index is 2.36. The Kier molecular flexibility index (Phi) is 3.46. The van der Waals surface area contributed by atoms with Gasteiger partial charge in [0.1, 0.15) is 5.82 Å². The fraction of sp³-hybridized carbons (Fsp3) is 0.500. The molecule has 1 saturated carbocycles. The van der Waals surface area contributed by atoms with E-state index in [1.807, 2.05) is 0 Å². The van der Waals surface area contributed by atoms with Crippen LogP contribution in [0.4, 0.5) is 13.2 Å². The van der Waals surface area contributed by atoms with Gasteiger partial charge in [-0.3, -0.25) is 4.79 Å². The molecule has 0 atom stereocenters. The summed E-state index contributed by atoms with van der Waals surface area (Å²) in [6.07, 6.45) is 4.22. The maximum Gasteiger partial charge on any atom is 0.171 e. The van der Waals surface area contributed by atoms with E-state index >= 15 is 0 Å². The van der Waals surface area contributed by atoms with Crippen molar-refractivity contribution in [3.63, 3.8) is 0 Å². The average Bonchev–Trinajstić information content (AvgIpc) is 2.34. The first-order valence-electron chi connectivity index (χ1n) is 6.13. The van der Waals surface area contributed by atoms with Crippen molar-refractivity contribution in [2.45, 2.75) is 39.0 Å². The van der Waals surface area contributed by atoms with Crippen LogP contribution in [0.25, 0.3) is 0 Å². The van der Waals surface area contributed by atoms with E-state index in [1.165, 1.54) is 0 Å². The Morgan fingerprint density at radius 2 is 1.56 bits per heavy atom. The van der Waals surface area contributed by atoms with Gasteiger partial charge in [-0.15, -0.1) is 0 Å². The molecule has 0 heterocycles. The smallest absolute Gasteiger partial charge is 0.171 e. The number of benzene rings is 1. The molecule has 0 bridgehead atoms. The van der Waals surface area contributed by atoms with Crippen molar-refractivity contribution in [2.75, 3.05) is 0 Å². The van der Waals surface area contributed by atoms with Crippen molar-refractivity contribution >= 4 is 5.78 Å². The highest BCUT2D eigenvalue weighted by molar-refractivity contribution is 6.00. The van der Waals surface area contributed by atoms with Gasteiger partial charge in [-0.05, 0) is 18.9 Å². The number of ketones is 1. The van der Waals surface area contributed by atoms with Crippen LogP contribution in [0.2, 0.25) is 0 Å². The van der Waals surface area contributed by atoms with Crippen LogP contribution in [0, 0.1) is 22.9 Å². The van der Waals surface area contributed by atoms with Crippen LogP contribution < -0.4 is 0 Å². The highest BCUT2D eigenvalue weighted by Crippen LogP contribution is 2.39. The molecular formula is C14H15F3O. The zero-order chi connectivity index (χ0) is 13.3. The lowest BCUT2D eigenvalue weighted by Gasteiger charge is -2.32. The quantitative estimate of drug-likeness (QED) is 0.571. The lowest BCUT2D eigenvalue weighted by Crippen LogP contribution is -2.31. The van der Waals surface area contributed by atoms with Crippen LogP contribution in [0.5, 0.6) is 0 Å². The molecule has 1 aliphatic rings. The lowest BCUT2D eigenvalue weighted by atomic mass is 9.71. The van der Waals surface area contributed by atoms with Crippen molar-refractivity contribution in [2.24, 2.45) is 5.41 Å². The number of Topliss-reactive ketones (excluding diaryl/α,β-unsaturated/α-hetero) is 1. The topological polar surface area (TPSA) is 17.1 Å². The molecule has 98 valence electrons. The van der Waals surface area contributed by atoms with Gasteiger partial charge in [-0.25, -0.2) is 13.2 Å². The molecule has 4 heteroatoms. The minimum absolute atomic E-state index is 0.335. The van der Waals surface area contributed by atoms with Gasteiger partial charge >= 0.3 is 0 Å². The minimum Gasteiger partial charge on any atom is -0.293 e. The molecule has 0 amide bonds. The van der Waals surface area contributed by atoms with Crippen LogP contribution in [0.1, 0.15) is 49.4 Å². The molecule has 0 N–H and O–H groups in total. The number of hydrogen-bond acceptors (Lipinski definition) is 1. The van der Waals surface area contributed by atoms with Gasteiger partial charge in [0.2, 0.25) is 0 Å². The van der Waals surface area contributed by atoms with Gasteiger partial charge in [-0.1, -0.05) is 26.2 Å². The molecule has 1 aliphatic carbocycles.